The minimum absolute atomic E-state index is 0.129. The first-order chi connectivity index (χ1) is 5.79. The lowest BCUT2D eigenvalue weighted by atomic mass is 10.2. The molecule has 2 heteroatoms. The van der Waals surface area contributed by atoms with E-state index in [1.807, 2.05) is 6.92 Å². The molecule has 0 bridgehead atoms. The van der Waals surface area contributed by atoms with Gasteiger partial charge in [-0.3, -0.25) is 0 Å². The van der Waals surface area contributed by atoms with Crippen LogP contribution in [-0.2, 0) is 0 Å². The fourth-order valence-corrected chi connectivity index (χ4v) is 1.83. The SMILES string of the molecule is CC(O)CCCNC1CCCC1. The number of nitrogens with one attached hydrogen (secondary N) is 1. The lowest BCUT2D eigenvalue weighted by molar-refractivity contribution is 0.181. The lowest BCUT2D eigenvalue weighted by Crippen LogP contribution is -2.27. The lowest BCUT2D eigenvalue weighted by Gasteiger charge is -2.11. The molecule has 0 aromatic carbocycles. The number of hydrogen-bond acceptors (Lipinski definition) is 2. The highest BCUT2D eigenvalue weighted by molar-refractivity contribution is 4.73. The van der Waals surface area contributed by atoms with Crippen LogP contribution in [0, 0.1) is 0 Å². The monoisotopic (exact) mass is 171 g/mol. The van der Waals surface area contributed by atoms with E-state index in [-0.39, 0.29) is 6.10 Å². The third-order valence-electron chi connectivity index (χ3n) is 2.59. The van der Waals surface area contributed by atoms with E-state index in [2.05, 4.69) is 5.32 Å². The molecule has 1 aliphatic carbocycles. The summed E-state index contributed by atoms with van der Waals surface area (Å²) in [7, 11) is 0. The van der Waals surface area contributed by atoms with Crippen LogP contribution in [-0.4, -0.2) is 23.8 Å². The molecule has 1 atom stereocenters. The maximum atomic E-state index is 9.02. The van der Waals surface area contributed by atoms with Crippen molar-refractivity contribution in [1.29, 1.82) is 0 Å². The molecule has 0 amide bonds. The number of aliphatic hydroxyl groups excluding tert-OH is 1. The largest absolute Gasteiger partial charge is 0.393 e. The van der Waals surface area contributed by atoms with Crippen molar-refractivity contribution in [3.63, 3.8) is 0 Å². The summed E-state index contributed by atoms with van der Waals surface area (Å²) in [6.45, 7) is 2.94. The summed E-state index contributed by atoms with van der Waals surface area (Å²) in [6, 6.07) is 0.777. The zero-order chi connectivity index (χ0) is 8.81. The third-order valence-corrected chi connectivity index (χ3v) is 2.59. The van der Waals surface area contributed by atoms with Gasteiger partial charge in [0.25, 0.3) is 0 Å². The fourth-order valence-electron chi connectivity index (χ4n) is 1.83. The smallest absolute Gasteiger partial charge is 0.0512 e. The number of rotatable bonds is 5. The standard InChI is InChI=1S/C10H21NO/c1-9(12)5-4-8-11-10-6-2-3-7-10/h9-12H,2-8H2,1H3. The first-order valence-electron chi connectivity index (χ1n) is 5.20. The Balaban J connectivity index is 1.88. The second kappa shape index (κ2) is 5.55. The van der Waals surface area contributed by atoms with Gasteiger partial charge in [0.15, 0.2) is 0 Å². The Kier molecular flexibility index (Phi) is 4.62. The van der Waals surface area contributed by atoms with Crippen molar-refractivity contribution in [2.75, 3.05) is 6.54 Å². The van der Waals surface area contributed by atoms with Gasteiger partial charge in [0.05, 0.1) is 6.10 Å². The van der Waals surface area contributed by atoms with E-state index in [1.165, 1.54) is 25.7 Å². The predicted molar refractivity (Wildman–Crippen MR) is 51.2 cm³/mol. The Morgan fingerprint density at radius 2 is 2.08 bits per heavy atom. The number of aliphatic hydroxyl groups is 1. The molecule has 2 N–H and O–H groups in total. The van der Waals surface area contributed by atoms with Gasteiger partial charge in [-0.25, -0.2) is 0 Å². The van der Waals surface area contributed by atoms with Gasteiger partial charge in [0, 0.05) is 6.04 Å². The molecule has 1 aliphatic rings. The van der Waals surface area contributed by atoms with Gasteiger partial charge in [0.2, 0.25) is 0 Å². The van der Waals surface area contributed by atoms with Gasteiger partial charge in [0.1, 0.15) is 0 Å². The van der Waals surface area contributed by atoms with E-state index in [0.29, 0.717) is 0 Å². The van der Waals surface area contributed by atoms with Crippen molar-refractivity contribution in [1.82, 2.24) is 5.32 Å². The third kappa shape index (κ3) is 4.07. The van der Waals surface area contributed by atoms with Crippen LogP contribution in [0.25, 0.3) is 0 Å². The van der Waals surface area contributed by atoms with Crippen molar-refractivity contribution in [2.45, 2.75) is 57.6 Å². The molecule has 1 fully saturated rings. The van der Waals surface area contributed by atoms with Crippen molar-refractivity contribution >= 4 is 0 Å². The molecule has 0 saturated heterocycles. The zero-order valence-electron chi connectivity index (χ0n) is 8.05. The van der Waals surface area contributed by atoms with Crippen molar-refractivity contribution in [3.05, 3.63) is 0 Å². The highest BCUT2D eigenvalue weighted by Gasteiger charge is 2.13. The van der Waals surface area contributed by atoms with Crippen LogP contribution in [0.2, 0.25) is 0 Å². The van der Waals surface area contributed by atoms with Gasteiger partial charge in [-0.1, -0.05) is 12.8 Å². The fraction of sp³-hybridized carbons (Fsp3) is 1.00. The van der Waals surface area contributed by atoms with Crippen LogP contribution in [0.3, 0.4) is 0 Å². The topological polar surface area (TPSA) is 32.3 Å². The zero-order valence-corrected chi connectivity index (χ0v) is 8.05. The first-order valence-corrected chi connectivity index (χ1v) is 5.20. The van der Waals surface area contributed by atoms with Crippen molar-refractivity contribution in [2.24, 2.45) is 0 Å². The Bertz CT molecular complexity index is 108. The van der Waals surface area contributed by atoms with Crippen LogP contribution in [0.5, 0.6) is 0 Å². The van der Waals surface area contributed by atoms with Crippen molar-refractivity contribution in [3.8, 4) is 0 Å². The highest BCUT2D eigenvalue weighted by atomic mass is 16.3. The minimum atomic E-state index is -0.129. The maximum Gasteiger partial charge on any atom is 0.0512 e. The summed E-state index contributed by atoms with van der Waals surface area (Å²) in [5.41, 5.74) is 0. The molecule has 0 aromatic heterocycles. The molecule has 1 saturated carbocycles. The summed E-state index contributed by atoms with van der Waals surface area (Å²) in [5, 5.41) is 12.5. The summed E-state index contributed by atoms with van der Waals surface area (Å²) >= 11 is 0. The van der Waals surface area contributed by atoms with Gasteiger partial charge in [-0.05, 0) is 39.2 Å². The number of hydrogen-bond donors (Lipinski definition) is 2. The quantitative estimate of drug-likeness (QED) is 0.617. The van der Waals surface area contributed by atoms with E-state index in [0.717, 1.165) is 25.4 Å². The van der Waals surface area contributed by atoms with Crippen LogP contribution in [0.4, 0.5) is 0 Å². The summed E-state index contributed by atoms with van der Waals surface area (Å²) in [5.74, 6) is 0. The van der Waals surface area contributed by atoms with E-state index >= 15 is 0 Å². The second-order valence-electron chi connectivity index (χ2n) is 3.93. The molecule has 0 radical (unpaired) electrons. The van der Waals surface area contributed by atoms with Crippen LogP contribution < -0.4 is 5.32 Å². The van der Waals surface area contributed by atoms with Gasteiger partial charge in [-0.2, -0.15) is 0 Å². The normalized spacial score (nSPS) is 21.5. The molecule has 12 heavy (non-hydrogen) atoms. The van der Waals surface area contributed by atoms with E-state index in [1.54, 1.807) is 0 Å². The average Bonchev–Trinajstić information content (AvgIpc) is 2.49. The van der Waals surface area contributed by atoms with Gasteiger partial charge >= 0.3 is 0 Å². The highest BCUT2D eigenvalue weighted by Crippen LogP contribution is 2.17. The Morgan fingerprint density at radius 3 is 2.67 bits per heavy atom. The summed E-state index contributed by atoms with van der Waals surface area (Å²) in [6.07, 6.45) is 7.41. The van der Waals surface area contributed by atoms with Crippen LogP contribution >= 0.6 is 0 Å². The van der Waals surface area contributed by atoms with Gasteiger partial charge < -0.3 is 10.4 Å². The molecule has 0 spiro atoms. The summed E-state index contributed by atoms with van der Waals surface area (Å²) < 4.78 is 0. The van der Waals surface area contributed by atoms with Gasteiger partial charge in [-0.15, -0.1) is 0 Å². The minimum Gasteiger partial charge on any atom is -0.393 e. The van der Waals surface area contributed by atoms with Crippen LogP contribution in [0.15, 0.2) is 0 Å². The Morgan fingerprint density at radius 1 is 1.42 bits per heavy atom. The molecule has 1 rings (SSSR count). The second-order valence-corrected chi connectivity index (χ2v) is 3.93. The van der Waals surface area contributed by atoms with Crippen molar-refractivity contribution < 1.29 is 5.11 Å². The van der Waals surface area contributed by atoms with E-state index < -0.39 is 0 Å². The average molecular weight is 171 g/mol. The Labute approximate surface area is 75.4 Å². The van der Waals surface area contributed by atoms with Crippen LogP contribution in [0.1, 0.15) is 45.4 Å². The predicted octanol–water partition coefficient (Wildman–Crippen LogP) is 1.68. The molecule has 0 heterocycles. The molecule has 0 aromatic rings. The van der Waals surface area contributed by atoms with E-state index in [4.69, 9.17) is 5.11 Å². The maximum absolute atomic E-state index is 9.02. The molecule has 72 valence electrons. The van der Waals surface area contributed by atoms with E-state index in [9.17, 15) is 0 Å². The molecule has 2 nitrogen and oxygen atoms in total. The Hall–Kier alpha value is -0.0800. The molecular formula is C10H21NO. The molecular weight excluding hydrogens is 150 g/mol. The summed E-state index contributed by atoms with van der Waals surface area (Å²) in [4.78, 5) is 0. The molecule has 1 unspecified atom stereocenters. The molecule has 0 aliphatic heterocycles. The first kappa shape index (κ1) is 10.0.